The van der Waals surface area contributed by atoms with Crippen molar-refractivity contribution in [3.05, 3.63) is 15.9 Å². The first-order chi connectivity index (χ1) is 7.45. The van der Waals surface area contributed by atoms with E-state index in [4.69, 9.17) is 0 Å². The molecular formula is C11H18BrN3O. The van der Waals surface area contributed by atoms with Crippen molar-refractivity contribution in [1.82, 2.24) is 15.1 Å². The molecule has 1 rings (SSSR count). The van der Waals surface area contributed by atoms with Crippen LogP contribution in [0.1, 0.15) is 31.7 Å². The van der Waals surface area contributed by atoms with Crippen LogP contribution < -0.4 is 5.32 Å². The van der Waals surface area contributed by atoms with Crippen molar-refractivity contribution in [2.24, 2.45) is 0 Å². The first-order valence-electron chi connectivity index (χ1n) is 5.44. The van der Waals surface area contributed by atoms with E-state index in [9.17, 15) is 4.79 Å². The molecule has 0 saturated heterocycles. The normalized spacial score (nSPS) is 12.6. The Morgan fingerprint density at radius 2 is 2.19 bits per heavy atom. The number of hydrogen-bond acceptors (Lipinski definition) is 2. The lowest BCUT2D eigenvalue weighted by Gasteiger charge is -2.11. The molecule has 5 heteroatoms. The summed E-state index contributed by atoms with van der Waals surface area (Å²) in [6.07, 6.45) is 0.937. The third kappa shape index (κ3) is 3.07. The maximum atomic E-state index is 11.7. The molecule has 1 aromatic heterocycles. The van der Waals surface area contributed by atoms with Gasteiger partial charge >= 0.3 is 0 Å². The largest absolute Gasteiger partial charge is 0.352 e. The number of carbonyl (C=O) groups excluding carboxylic acids is 1. The fourth-order valence-corrected chi connectivity index (χ4v) is 1.67. The van der Waals surface area contributed by atoms with Crippen molar-refractivity contribution in [3.8, 4) is 0 Å². The Morgan fingerprint density at radius 3 is 2.62 bits per heavy atom. The van der Waals surface area contributed by atoms with Crippen LogP contribution in [-0.2, 0) is 11.3 Å². The molecule has 0 fully saturated rings. The van der Waals surface area contributed by atoms with Crippen LogP contribution in [0.4, 0.5) is 0 Å². The Balaban J connectivity index is 2.66. The number of aromatic nitrogens is 2. The van der Waals surface area contributed by atoms with Gasteiger partial charge in [-0.15, -0.1) is 0 Å². The minimum Gasteiger partial charge on any atom is -0.352 e. The molecule has 0 aliphatic rings. The van der Waals surface area contributed by atoms with E-state index in [2.05, 4.69) is 26.3 Å². The second-order valence-electron chi connectivity index (χ2n) is 4.02. The average Bonchev–Trinajstić information content (AvgIpc) is 2.46. The average molecular weight is 288 g/mol. The van der Waals surface area contributed by atoms with Gasteiger partial charge in [-0.1, -0.05) is 6.92 Å². The number of halogens is 1. The van der Waals surface area contributed by atoms with Gasteiger partial charge < -0.3 is 5.32 Å². The van der Waals surface area contributed by atoms with Crippen LogP contribution in [0, 0.1) is 13.8 Å². The van der Waals surface area contributed by atoms with Crippen molar-refractivity contribution in [2.45, 2.75) is 46.7 Å². The smallest absolute Gasteiger partial charge is 0.241 e. The molecule has 1 amide bonds. The van der Waals surface area contributed by atoms with Crippen molar-refractivity contribution in [1.29, 1.82) is 0 Å². The summed E-state index contributed by atoms with van der Waals surface area (Å²) in [4.78, 5) is 11.7. The highest BCUT2D eigenvalue weighted by Crippen LogP contribution is 2.19. The highest BCUT2D eigenvalue weighted by Gasteiger charge is 2.12. The standard InChI is InChI=1S/C11H18BrN3O/c1-5-7(2)13-10(16)6-15-9(4)11(12)8(3)14-15/h7H,5-6H2,1-4H3,(H,13,16)/t7-/m1/s1. The van der Waals surface area contributed by atoms with Crippen molar-refractivity contribution in [3.63, 3.8) is 0 Å². The second-order valence-corrected chi connectivity index (χ2v) is 4.81. The van der Waals surface area contributed by atoms with Crippen LogP contribution in [0.2, 0.25) is 0 Å². The van der Waals surface area contributed by atoms with Gasteiger partial charge in [-0.3, -0.25) is 9.48 Å². The SMILES string of the molecule is CC[C@@H](C)NC(=O)Cn1nc(C)c(Br)c1C. The van der Waals surface area contributed by atoms with Crippen LogP contribution in [0.25, 0.3) is 0 Å². The first-order valence-corrected chi connectivity index (χ1v) is 6.23. The van der Waals surface area contributed by atoms with Crippen LogP contribution in [-0.4, -0.2) is 21.7 Å². The van der Waals surface area contributed by atoms with Crippen LogP contribution in [0.3, 0.4) is 0 Å². The molecule has 4 nitrogen and oxygen atoms in total. The molecule has 90 valence electrons. The number of nitrogens with one attached hydrogen (secondary N) is 1. The van der Waals surface area contributed by atoms with Gasteiger partial charge in [0, 0.05) is 6.04 Å². The molecule has 0 bridgehead atoms. The zero-order valence-electron chi connectivity index (χ0n) is 10.2. The molecule has 1 heterocycles. The zero-order valence-corrected chi connectivity index (χ0v) is 11.8. The topological polar surface area (TPSA) is 46.9 Å². The summed E-state index contributed by atoms with van der Waals surface area (Å²) in [5.74, 6) is 0.00690. The zero-order chi connectivity index (χ0) is 12.3. The molecule has 0 saturated carbocycles. The minimum absolute atomic E-state index is 0.00690. The number of hydrogen-bond donors (Lipinski definition) is 1. The number of nitrogens with zero attached hydrogens (tertiary/aromatic N) is 2. The molecular weight excluding hydrogens is 270 g/mol. The number of carbonyl (C=O) groups is 1. The lowest BCUT2D eigenvalue weighted by molar-refractivity contribution is -0.122. The van der Waals surface area contributed by atoms with E-state index >= 15 is 0 Å². The molecule has 16 heavy (non-hydrogen) atoms. The monoisotopic (exact) mass is 287 g/mol. The third-order valence-corrected chi connectivity index (χ3v) is 3.75. The van der Waals surface area contributed by atoms with E-state index in [0.29, 0.717) is 0 Å². The summed E-state index contributed by atoms with van der Waals surface area (Å²) in [6.45, 7) is 8.18. The summed E-state index contributed by atoms with van der Waals surface area (Å²) in [7, 11) is 0. The van der Waals surface area contributed by atoms with Crippen molar-refractivity contribution in [2.75, 3.05) is 0 Å². The van der Waals surface area contributed by atoms with Gasteiger partial charge in [0.05, 0.1) is 15.9 Å². The Hall–Kier alpha value is -0.840. The van der Waals surface area contributed by atoms with Gasteiger partial charge in [0.2, 0.25) is 5.91 Å². The van der Waals surface area contributed by atoms with Gasteiger partial charge in [0.15, 0.2) is 0 Å². The van der Waals surface area contributed by atoms with E-state index in [1.165, 1.54) is 0 Å². The summed E-state index contributed by atoms with van der Waals surface area (Å²) < 4.78 is 2.70. The number of amides is 1. The van der Waals surface area contributed by atoms with Crippen LogP contribution >= 0.6 is 15.9 Å². The Labute approximate surface area is 105 Å². The second kappa shape index (κ2) is 5.48. The first kappa shape index (κ1) is 13.2. The predicted octanol–water partition coefficient (Wildman–Crippen LogP) is 2.18. The van der Waals surface area contributed by atoms with Crippen molar-refractivity contribution >= 4 is 21.8 Å². The van der Waals surface area contributed by atoms with Crippen LogP contribution in [0.5, 0.6) is 0 Å². The highest BCUT2D eigenvalue weighted by atomic mass is 79.9. The van der Waals surface area contributed by atoms with E-state index < -0.39 is 0 Å². The van der Waals surface area contributed by atoms with E-state index in [1.54, 1.807) is 4.68 Å². The molecule has 1 atom stereocenters. The maximum Gasteiger partial charge on any atom is 0.241 e. The Kier molecular flexibility index (Phi) is 4.53. The van der Waals surface area contributed by atoms with Gasteiger partial charge in [0.25, 0.3) is 0 Å². The number of aryl methyl sites for hydroxylation is 1. The maximum absolute atomic E-state index is 11.7. The molecule has 0 radical (unpaired) electrons. The molecule has 0 aliphatic carbocycles. The van der Waals surface area contributed by atoms with Gasteiger partial charge in [-0.25, -0.2) is 0 Å². The molecule has 1 N–H and O–H groups in total. The summed E-state index contributed by atoms with van der Waals surface area (Å²) in [6, 6.07) is 0.216. The number of rotatable bonds is 4. The molecule has 0 unspecified atom stereocenters. The summed E-state index contributed by atoms with van der Waals surface area (Å²) >= 11 is 3.44. The highest BCUT2D eigenvalue weighted by molar-refractivity contribution is 9.10. The van der Waals surface area contributed by atoms with Crippen LogP contribution in [0.15, 0.2) is 4.47 Å². The van der Waals surface area contributed by atoms with Gasteiger partial charge in [-0.2, -0.15) is 5.10 Å². The van der Waals surface area contributed by atoms with Gasteiger partial charge in [-0.05, 0) is 43.1 Å². The van der Waals surface area contributed by atoms with E-state index in [-0.39, 0.29) is 18.5 Å². The lowest BCUT2D eigenvalue weighted by Crippen LogP contribution is -2.35. The van der Waals surface area contributed by atoms with Gasteiger partial charge in [0.1, 0.15) is 6.54 Å². The molecule has 0 spiro atoms. The predicted molar refractivity (Wildman–Crippen MR) is 67.3 cm³/mol. The fourth-order valence-electron chi connectivity index (χ4n) is 1.39. The lowest BCUT2D eigenvalue weighted by atomic mass is 10.2. The van der Waals surface area contributed by atoms with E-state index in [0.717, 1.165) is 22.3 Å². The fraction of sp³-hybridized carbons (Fsp3) is 0.636. The third-order valence-electron chi connectivity index (χ3n) is 2.61. The molecule has 0 aliphatic heterocycles. The molecule has 0 aromatic carbocycles. The molecule has 1 aromatic rings. The van der Waals surface area contributed by atoms with E-state index in [1.807, 2.05) is 27.7 Å². The Morgan fingerprint density at radius 1 is 1.56 bits per heavy atom. The minimum atomic E-state index is 0.00690. The quantitative estimate of drug-likeness (QED) is 0.923. The summed E-state index contributed by atoms with van der Waals surface area (Å²) in [5, 5.41) is 7.21. The van der Waals surface area contributed by atoms with Crippen molar-refractivity contribution < 1.29 is 4.79 Å². The summed E-state index contributed by atoms with van der Waals surface area (Å²) in [5.41, 5.74) is 1.89. The Bertz CT molecular complexity index is 387.